The highest BCUT2D eigenvalue weighted by molar-refractivity contribution is 5.73. The molecule has 0 radical (unpaired) electrons. The highest BCUT2D eigenvalue weighted by atomic mass is 16.4. The standard InChI is InChI=1S/C13H22O4/c1-9(12(14)15)7-11(13(16)17)8-10-5-3-2-4-6-10/h9-11H,2-8H2,1H3,(H,14,15)(H,16,17). The molecule has 2 N–H and O–H groups in total. The van der Waals surface area contributed by atoms with E-state index in [4.69, 9.17) is 10.2 Å². The van der Waals surface area contributed by atoms with Crippen LogP contribution in [0.4, 0.5) is 0 Å². The minimum absolute atomic E-state index is 0.251. The average Bonchev–Trinajstić information content (AvgIpc) is 2.29. The lowest BCUT2D eigenvalue weighted by Gasteiger charge is -2.25. The van der Waals surface area contributed by atoms with Gasteiger partial charge < -0.3 is 10.2 Å². The van der Waals surface area contributed by atoms with Gasteiger partial charge in [0, 0.05) is 0 Å². The summed E-state index contributed by atoms with van der Waals surface area (Å²) in [7, 11) is 0. The van der Waals surface area contributed by atoms with Crippen LogP contribution in [0, 0.1) is 17.8 Å². The van der Waals surface area contributed by atoms with E-state index in [1.165, 1.54) is 19.3 Å². The molecule has 98 valence electrons. The summed E-state index contributed by atoms with van der Waals surface area (Å²) in [5.41, 5.74) is 0. The van der Waals surface area contributed by atoms with E-state index < -0.39 is 23.8 Å². The lowest BCUT2D eigenvalue weighted by atomic mass is 9.80. The first-order valence-electron chi connectivity index (χ1n) is 6.46. The maximum absolute atomic E-state index is 11.1. The van der Waals surface area contributed by atoms with Crippen LogP contribution in [0.3, 0.4) is 0 Å². The van der Waals surface area contributed by atoms with Crippen LogP contribution in [0.5, 0.6) is 0 Å². The van der Waals surface area contributed by atoms with Gasteiger partial charge in [0.25, 0.3) is 0 Å². The molecule has 0 aromatic heterocycles. The fraction of sp³-hybridized carbons (Fsp3) is 0.846. The first-order valence-corrected chi connectivity index (χ1v) is 6.46. The van der Waals surface area contributed by atoms with Crippen molar-refractivity contribution in [3.05, 3.63) is 0 Å². The fourth-order valence-corrected chi connectivity index (χ4v) is 2.65. The van der Waals surface area contributed by atoms with Gasteiger partial charge >= 0.3 is 11.9 Å². The molecule has 0 spiro atoms. The Morgan fingerprint density at radius 3 is 2.18 bits per heavy atom. The van der Waals surface area contributed by atoms with Crippen molar-refractivity contribution < 1.29 is 19.8 Å². The third-order valence-electron chi connectivity index (χ3n) is 3.75. The van der Waals surface area contributed by atoms with E-state index in [1.807, 2.05) is 0 Å². The van der Waals surface area contributed by atoms with Gasteiger partial charge in [0.15, 0.2) is 0 Å². The Bertz CT molecular complexity index is 269. The largest absolute Gasteiger partial charge is 0.481 e. The van der Waals surface area contributed by atoms with Crippen molar-refractivity contribution in [3.63, 3.8) is 0 Å². The summed E-state index contributed by atoms with van der Waals surface area (Å²) in [6.45, 7) is 1.58. The Hall–Kier alpha value is -1.06. The Morgan fingerprint density at radius 2 is 1.71 bits per heavy atom. The number of hydrogen-bond acceptors (Lipinski definition) is 2. The molecule has 0 aromatic rings. The zero-order valence-corrected chi connectivity index (χ0v) is 10.4. The van der Waals surface area contributed by atoms with E-state index >= 15 is 0 Å². The van der Waals surface area contributed by atoms with Gasteiger partial charge in [-0.25, -0.2) is 0 Å². The third kappa shape index (κ3) is 4.75. The SMILES string of the molecule is CC(CC(CC1CCCCC1)C(=O)O)C(=O)O. The van der Waals surface area contributed by atoms with Gasteiger partial charge in [-0.1, -0.05) is 39.0 Å². The maximum Gasteiger partial charge on any atom is 0.306 e. The summed E-state index contributed by atoms with van der Waals surface area (Å²) in [6, 6.07) is 0. The Labute approximate surface area is 102 Å². The topological polar surface area (TPSA) is 74.6 Å². The highest BCUT2D eigenvalue weighted by Crippen LogP contribution is 2.31. The lowest BCUT2D eigenvalue weighted by molar-refractivity contribution is -0.145. The number of carboxylic acids is 2. The summed E-state index contributed by atoms with van der Waals surface area (Å²) in [4.78, 5) is 21.9. The van der Waals surface area contributed by atoms with E-state index in [1.54, 1.807) is 6.92 Å². The van der Waals surface area contributed by atoms with Crippen molar-refractivity contribution in [3.8, 4) is 0 Å². The number of carboxylic acid groups (broad SMARTS) is 2. The van der Waals surface area contributed by atoms with Crippen LogP contribution in [0.2, 0.25) is 0 Å². The lowest BCUT2D eigenvalue weighted by Crippen LogP contribution is -2.24. The molecule has 2 unspecified atom stereocenters. The van der Waals surface area contributed by atoms with Crippen molar-refractivity contribution in [2.24, 2.45) is 17.8 Å². The molecule has 0 heterocycles. The molecule has 0 aliphatic heterocycles. The van der Waals surface area contributed by atoms with Crippen molar-refractivity contribution in [1.29, 1.82) is 0 Å². The molecule has 1 aliphatic rings. The van der Waals surface area contributed by atoms with E-state index in [9.17, 15) is 9.59 Å². The van der Waals surface area contributed by atoms with Crippen molar-refractivity contribution in [1.82, 2.24) is 0 Å². The second-order valence-electron chi connectivity index (χ2n) is 5.25. The molecule has 1 fully saturated rings. The molecule has 1 rings (SSSR count). The smallest absolute Gasteiger partial charge is 0.306 e. The van der Waals surface area contributed by atoms with E-state index in [0.717, 1.165) is 12.8 Å². The second-order valence-corrected chi connectivity index (χ2v) is 5.25. The van der Waals surface area contributed by atoms with Crippen LogP contribution >= 0.6 is 0 Å². The second kappa shape index (κ2) is 6.62. The van der Waals surface area contributed by atoms with Gasteiger partial charge in [-0.05, 0) is 18.8 Å². The molecule has 17 heavy (non-hydrogen) atoms. The first-order chi connectivity index (χ1) is 8.00. The van der Waals surface area contributed by atoms with Crippen LogP contribution in [-0.2, 0) is 9.59 Å². The summed E-state index contributed by atoms with van der Waals surface area (Å²) < 4.78 is 0. The average molecular weight is 242 g/mol. The summed E-state index contributed by atoms with van der Waals surface area (Å²) >= 11 is 0. The predicted octanol–water partition coefficient (Wildman–Crippen LogP) is 2.77. The number of carbonyl (C=O) groups is 2. The van der Waals surface area contributed by atoms with Gasteiger partial charge in [-0.15, -0.1) is 0 Å². The Kier molecular flexibility index (Phi) is 5.45. The number of hydrogen-bond donors (Lipinski definition) is 2. The number of rotatable bonds is 6. The zero-order chi connectivity index (χ0) is 12.8. The molecule has 4 heteroatoms. The van der Waals surface area contributed by atoms with Crippen LogP contribution in [0.1, 0.15) is 51.9 Å². The summed E-state index contributed by atoms with van der Waals surface area (Å²) in [5, 5.41) is 18.0. The van der Waals surface area contributed by atoms with Gasteiger partial charge in [0.1, 0.15) is 0 Å². The Morgan fingerprint density at radius 1 is 1.12 bits per heavy atom. The first kappa shape index (κ1) is 14.0. The maximum atomic E-state index is 11.1. The fourth-order valence-electron chi connectivity index (χ4n) is 2.65. The zero-order valence-electron chi connectivity index (χ0n) is 10.4. The molecule has 0 amide bonds. The predicted molar refractivity (Wildman–Crippen MR) is 63.7 cm³/mol. The minimum Gasteiger partial charge on any atom is -0.481 e. The molecule has 2 atom stereocenters. The van der Waals surface area contributed by atoms with E-state index in [-0.39, 0.29) is 6.42 Å². The van der Waals surface area contributed by atoms with Gasteiger partial charge in [0.05, 0.1) is 11.8 Å². The molecule has 0 aromatic carbocycles. The van der Waals surface area contributed by atoms with Crippen LogP contribution in [-0.4, -0.2) is 22.2 Å². The van der Waals surface area contributed by atoms with E-state index in [0.29, 0.717) is 12.3 Å². The van der Waals surface area contributed by atoms with Crippen molar-refractivity contribution in [2.75, 3.05) is 0 Å². The minimum atomic E-state index is -0.903. The Balaban J connectivity index is 2.47. The third-order valence-corrected chi connectivity index (χ3v) is 3.75. The molecule has 0 saturated heterocycles. The van der Waals surface area contributed by atoms with Gasteiger partial charge in [-0.2, -0.15) is 0 Å². The molecule has 1 aliphatic carbocycles. The quantitative estimate of drug-likeness (QED) is 0.751. The van der Waals surface area contributed by atoms with E-state index in [2.05, 4.69) is 0 Å². The monoisotopic (exact) mass is 242 g/mol. The van der Waals surface area contributed by atoms with Crippen molar-refractivity contribution >= 4 is 11.9 Å². The van der Waals surface area contributed by atoms with Gasteiger partial charge in [0.2, 0.25) is 0 Å². The molecule has 4 nitrogen and oxygen atoms in total. The summed E-state index contributed by atoms with van der Waals surface area (Å²) in [6.07, 6.45) is 6.72. The van der Waals surface area contributed by atoms with Crippen LogP contribution < -0.4 is 0 Å². The van der Waals surface area contributed by atoms with Crippen LogP contribution in [0.15, 0.2) is 0 Å². The normalized spacial score (nSPS) is 20.8. The molecular formula is C13H22O4. The molecular weight excluding hydrogens is 220 g/mol. The summed E-state index contributed by atoms with van der Waals surface area (Å²) in [5.74, 6) is -2.33. The molecule has 0 bridgehead atoms. The number of aliphatic carboxylic acids is 2. The van der Waals surface area contributed by atoms with Gasteiger partial charge in [-0.3, -0.25) is 9.59 Å². The molecule has 1 saturated carbocycles. The van der Waals surface area contributed by atoms with Crippen molar-refractivity contribution in [2.45, 2.75) is 51.9 Å². The van der Waals surface area contributed by atoms with Crippen LogP contribution in [0.25, 0.3) is 0 Å². The highest BCUT2D eigenvalue weighted by Gasteiger charge is 2.27.